The molecule has 0 saturated heterocycles. The molecule has 84 valence electrons. The fourth-order valence-electron chi connectivity index (χ4n) is 1.61. The molecule has 0 aliphatic carbocycles. The number of nitrogens with one attached hydrogen (secondary N) is 1. The van der Waals surface area contributed by atoms with Gasteiger partial charge in [-0.15, -0.1) is 5.10 Å². The Kier molecular flexibility index (Phi) is 3.31. The third-order valence-corrected chi connectivity index (χ3v) is 2.53. The highest BCUT2D eigenvalue weighted by atomic mass is 15.4. The number of nitrogens with zero attached hydrogens (tertiary/aromatic N) is 3. The third-order valence-electron chi connectivity index (χ3n) is 2.53. The van der Waals surface area contributed by atoms with Crippen LogP contribution in [0.3, 0.4) is 0 Å². The van der Waals surface area contributed by atoms with E-state index < -0.39 is 0 Å². The lowest BCUT2D eigenvalue weighted by Gasteiger charge is -2.05. The molecule has 0 atom stereocenters. The number of hydrogen-bond acceptors (Lipinski definition) is 3. The second-order valence-corrected chi connectivity index (χ2v) is 3.91. The molecule has 2 aromatic rings. The van der Waals surface area contributed by atoms with Crippen molar-refractivity contribution in [2.24, 2.45) is 7.05 Å². The van der Waals surface area contributed by atoms with Crippen molar-refractivity contribution in [3.8, 4) is 0 Å². The van der Waals surface area contributed by atoms with E-state index in [9.17, 15) is 0 Å². The SMILES string of the molecule is Cc1ccccc1CNCc1cn(C)nn1. The van der Waals surface area contributed by atoms with Crippen molar-refractivity contribution < 1.29 is 0 Å². The molecule has 0 radical (unpaired) electrons. The minimum Gasteiger partial charge on any atom is -0.307 e. The summed E-state index contributed by atoms with van der Waals surface area (Å²) in [6.45, 7) is 3.74. The lowest BCUT2D eigenvalue weighted by Crippen LogP contribution is -2.13. The van der Waals surface area contributed by atoms with Gasteiger partial charge in [0.05, 0.1) is 5.69 Å². The predicted octanol–water partition coefficient (Wildman–Crippen LogP) is 1.41. The molecule has 0 aliphatic rings. The molecule has 0 aliphatic heterocycles. The number of hydrogen-bond donors (Lipinski definition) is 1. The van der Waals surface area contributed by atoms with Crippen LogP contribution in [0.15, 0.2) is 30.5 Å². The Morgan fingerprint density at radius 3 is 2.75 bits per heavy atom. The molecule has 0 spiro atoms. The monoisotopic (exact) mass is 216 g/mol. The molecular weight excluding hydrogens is 200 g/mol. The molecule has 0 fully saturated rings. The van der Waals surface area contributed by atoms with E-state index in [0.717, 1.165) is 18.8 Å². The number of aromatic nitrogens is 3. The first-order valence-corrected chi connectivity index (χ1v) is 5.36. The summed E-state index contributed by atoms with van der Waals surface area (Å²) in [5.41, 5.74) is 3.61. The Balaban J connectivity index is 1.87. The van der Waals surface area contributed by atoms with Crippen LogP contribution in [0.25, 0.3) is 0 Å². The number of benzene rings is 1. The topological polar surface area (TPSA) is 42.7 Å². The largest absolute Gasteiger partial charge is 0.307 e. The molecular formula is C12H16N4. The molecule has 1 heterocycles. The minimum atomic E-state index is 0.752. The summed E-state index contributed by atoms with van der Waals surface area (Å²) in [5, 5.41) is 11.3. The van der Waals surface area contributed by atoms with Gasteiger partial charge in [0.1, 0.15) is 0 Å². The highest BCUT2D eigenvalue weighted by Crippen LogP contribution is 2.06. The van der Waals surface area contributed by atoms with Crippen molar-refractivity contribution >= 4 is 0 Å². The van der Waals surface area contributed by atoms with Gasteiger partial charge in [-0.3, -0.25) is 4.68 Å². The number of rotatable bonds is 4. The molecule has 1 aromatic heterocycles. The van der Waals surface area contributed by atoms with Gasteiger partial charge in [0.25, 0.3) is 0 Å². The zero-order valence-corrected chi connectivity index (χ0v) is 9.64. The summed E-state index contributed by atoms with van der Waals surface area (Å²) in [7, 11) is 1.87. The fourth-order valence-corrected chi connectivity index (χ4v) is 1.61. The van der Waals surface area contributed by atoms with Gasteiger partial charge < -0.3 is 5.32 Å². The standard InChI is InChI=1S/C12H16N4/c1-10-5-3-4-6-11(10)7-13-8-12-9-16(2)15-14-12/h3-6,9,13H,7-8H2,1-2H3. The fraction of sp³-hybridized carbons (Fsp3) is 0.333. The number of aryl methyl sites for hydroxylation is 2. The van der Waals surface area contributed by atoms with Crippen molar-refractivity contribution in [3.63, 3.8) is 0 Å². The highest BCUT2D eigenvalue weighted by molar-refractivity contribution is 5.25. The summed E-state index contributed by atoms with van der Waals surface area (Å²) in [6, 6.07) is 8.38. The zero-order valence-electron chi connectivity index (χ0n) is 9.64. The first kappa shape index (κ1) is 10.8. The van der Waals surface area contributed by atoms with Gasteiger partial charge in [-0.05, 0) is 18.1 Å². The second kappa shape index (κ2) is 4.90. The molecule has 0 unspecified atom stereocenters. The molecule has 0 amide bonds. The van der Waals surface area contributed by atoms with Crippen LogP contribution in [-0.2, 0) is 20.1 Å². The first-order valence-electron chi connectivity index (χ1n) is 5.36. The predicted molar refractivity (Wildman–Crippen MR) is 62.7 cm³/mol. The van der Waals surface area contributed by atoms with Crippen LogP contribution in [0, 0.1) is 6.92 Å². The molecule has 2 rings (SSSR count). The van der Waals surface area contributed by atoms with Crippen LogP contribution in [0.4, 0.5) is 0 Å². The smallest absolute Gasteiger partial charge is 0.0964 e. The summed E-state index contributed by atoms with van der Waals surface area (Å²) < 4.78 is 1.71. The summed E-state index contributed by atoms with van der Waals surface area (Å²) in [4.78, 5) is 0. The van der Waals surface area contributed by atoms with Crippen molar-refractivity contribution in [2.45, 2.75) is 20.0 Å². The maximum Gasteiger partial charge on any atom is 0.0964 e. The minimum absolute atomic E-state index is 0.752. The molecule has 4 heteroatoms. The van der Waals surface area contributed by atoms with Gasteiger partial charge in [-0.2, -0.15) is 0 Å². The third kappa shape index (κ3) is 2.67. The summed E-state index contributed by atoms with van der Waals surface area (Å²) in [5.74, 6) is 0. The van der Waals surface area contributed by atoms with Crippen LogP contribution in [0.5, 0.6) is 0 Å². The van der Waals surface area contributed by atoms with Gasteiger partial charge >= 0.3 is 0 Å². The van der Waals surface area contributed by atoms with Crippen molar-refractivity contribution in [2.75, 3.05) is 0 Å². The lowest BCUT2D eigenvalue weighted by atomic mass is 10.1. The van der Waals surface area contributed by atoms with Crippen molar-refractivity contribution in [1.29, 1.82) is 0 Å². The Morgan fingerprint density at radius 1 is 1.25 bits per heavy atom. The maximum absolute atomic E-state index is 4.02. The average Bonchev–Trinajstić information content (AvgIpc) is 2.67. The Hall–Kier alpha value is -1.68. The van der Waals surface area contributed by atoms with E-state index in [1.807, 2.05) is 13.2 Å². The Morgan fingerprint density at radius 2 is 2.06 bits per heavy atom. The van der Waals surface area contributed by atoms with Crippen LogP contribution in [-0.4, -0.2) is 15.0 Å². The van der Waals surface area contributed by atoms with Gasteiger partial charge in [-0.25, -0.2) is 0 Å². The van der Waals surface area contributed by atoms with Gasteiger partial charge in [0.2, 0.25) is 0 Å². The molecule has 16 heavy (non-hydrogen) atoms. The quantitative estimate of drug-likeness (QED) is 0.840. The lowest BCUT2D eigenvalue weighted by molar-refractivity contribution is 0.672. The molecule has 1 N–H and O–H groups in total. The summed E-state index contributed by atoms with van der Waals surface area (Å²) >= 11 is 0. The normalized spacial score (nSPS) is 10.6. The molecule has 0 bridgehead atoms. The maximum atomic E-state index is 4.02. The zero-order chi connectivity index (χ0) is 11.4. The van der Waals surface area contributed by atoms with Crippen molar-refractivity contribution in [3.05, 3.63) is 47.3 Å². The Labute approximate surface area is 95.3 Å². The van der Waals surface area contributed by atoms with E-state index in [1.165, 1.54) is 11.1 Å². The highest BCUT2D eigenvalue weighted by Gasteiger charge is 1.99. The van der Waals surface area contributed by atoms with Gasteiger partial charge in [-0.1, -0.05) is 29.5 Å². The Bertz CT molecular complexity index is 462. The molecule has 4 nitrogen and oxygen atoms in total. The van der Waals surface area contributed by atoms with E-state index in [-0.39, 0.29) is 0 Å². The van der Waals surface area contributed by atoms with E-state index >= 15 is 0 Å². The van der Waals surface area contributed by atoms with Crippen LogP contribution in [0.2, 0.25) is 0 Å². The van der Waals surface area contributed by atoms with Crippen LogP contribution < -0.4 is 5.32 Å². The van der Waals surface area contributed by atoms with Crippen molar-refractivity contribution in [1.82, 2.24) is 20.3 Å². The van der Waals surface area contributed by atoms with E-state index in [2.05, 4.69) is 46.8 Å². The van der Waals surface area contributed by atoms with Crippen LogP contribution >= 0.6 is 0 Å². The van der Waals surface area contributed by atoms with Crippen LogP contribution in [0.1, 0.15) is 16.8 Å². The molecule has 1 aromatic carbocycles. The first-order chi connectivity index (χ1) is 7.75. The average molecular weight is 216 g/mol. The second-order valence-electron chi connectivity index (χ2n) is 3.91. The molecule has 0 saturated carbocycles. The summed E-state index contributed by atoms with van der Waals surface area (Å²) in [6.07, 6.45) is 1.92. The van der Waals surface area contributed by atoms with Gasteiger partial charge in [0.15, 0.2) is 0 Å². The van der Waals surface area contributed by atoms with E-state index in [1.54, 1.807) is 4.68 Å². The van der Waals surface area contributed by atoms with E-state index in [0.29, 0.717) is 0 Å². The van der Waals surface area contributed by atoms with Gasteiger partial charge in [0, 0.05) is 26.3 Å². The van der Waals surface area contributed by atoms with E-state index in [4.69, 9.17) is 0 Å².